The number of likely N-dealkylation sites (N-methyl/N-ethyl adjacent to an activating group) is 1. The summed E-state index contributed by atoms with van der Waals surface area (Å²) in [5, 5.41) is 0.773. The fourth-order valence-corrected chi connectivity index (χ4v) is 2.66. The molecule has 0 amide bonds. The van der Waals surface area contributed by atoms with Crippen molar-refractivity contribution in [1.82, 2.24) is 0 Å². The van der Waals surface area contributed by atoms with E-state index in [4.69, 9.17) is 22.1 Å². The van der Waals surface area contributed by atoms with Crippen LogP contribution in [-0.2, 0) is 11.2 Å². The smallest absolute Gasteiger partial charge is 0.0670 e. The summed E-state index contributed by atoms with van der Waals surface area (Å²) < 4.78 is 5.47. The number of rotatable bonds is 5. The summed E-state index contributed by atoms with van der Waals surface area (Å²) in [6.45, 7) is 3.76. The van der Waals surface area contributed by atoms with Crippen molar-refractivity contribution >= 4 is 17.3 Å². The third kappa shape index (κ3) is 3.62. The second-order valence-electron chi connectivity index (χ2n) is 5.27. The van der Waals surface area contributed by atoms with E-state index in [0.29, 0.717) is 6.04 Å². The quantitative estimate of drug-likeness (QED) is 0.902. The van der Waals surface area contributed by atoms with E-state index in [9.17, 15) is 0 Å². The van der Waals surface area contributed by atoms with Gasteiger partial charge in [-0.2, -0.15) is 0 Å². The molecule has 0 aromatic heterocycles. The third-order valence-corrected chi connectivity index (χ3v) is 4.12. The fraction of sp³-hybridized carbons (Fsp3) is 0.600. The minimum absolute atomic E-state index is 0.202. The van der Waals surface area contributed by atoms with Gasteiger partial charge in [0, 0.05) is 30.4 Å². The van der Waals surface area contributed by atoms with Crippen molar-refractivity contribution in [2.75, 3.05) is 25.2 Å². The lowest BCUT2D eigenvalue weighted by atomic mass is 10.0. The fourth-order valence-electron chi connectivity index (χ4n) is 2.49. The highest BCUT2D eigenvalue weighted by molar-refractivity contribution is 6.30. The van der Waals surface area contributed by atoms with E-state index in [2.05, 4.69) is 24.9 Å². The molecule has 1 fully saturated rings. The highest BCUT2D eigenvalue weighted by Crippen LogP contribution is 2.28. The van der Waals surface area contributed by atoms with Crippen LogP contribution in [0.4, 0.5) is 5.69 Å². The van der Waals surface area contributed by atoms with Gasteiger partial charge in [-0.25, -0.2) is 0 Å². The van der Waals surface area contributed by atoms with Gasteiger partial charge in [0.25, 0.3) is 0 Å². The van der Waals surface area contributed by atoms with Crippen LogP contribution in [0.1, 0.15) is 25.3 Å². The molecule has 1 aromatic carbocycles. The standard InChI is InChI=1S/C15H23ClN2O/c1-3-13(17)8-11-4-5-12(16)9-15(11)18(2)14-6-7-19-10-14/h4-5,9,13-14H,3,6-8,10,17H2,1-2H3. The maximum atomic E-state index is 6.15. The van der Waals surface area contributed by atoms with E-state index in [1.54, 1.807) is 0 Å². The molecule has 1 saturated heterocycles. The SMILES string of the molecule is CCC(N)Cc1ccc(Cl)cc1N(C)C1CCOC1. The van der Waals surface area contributed by atoms with Crippen molar-refractivity contribution in [2.24, 2.45) is 5.73 Å². The van der Waals surface area contributed by atoms with Crippen LogP contribution in [0, 0.1) is 0 Å². The highest BCUT2D eigenvalue weighted by atomic mass is 35.5. The molecular weight excluding hydrogens is 260 g/mol. The second-order valence-corrected chi connectivity index (χ2v) is 5.71. The molecule has 0 spiro atoms. The zero-order valence-electron chi connectivity index (χ0n) is 11.7. The Kier molecular flexibility index (Phi) is 5.08. The van der Waals surface area contributed by atoms with E-state index in [1.807, 2.05) is 12.1 Å². The maximum Gasteiger partial charge on any atom is 0.0670 e. The number of benzene rings is 1. The summed E-state index contributed by atoms with van der Waals surface area (Å²) in [6, 6.07) is 6.72. The predicted molar refractivity (Wildman–Crippen MR) is 81.0 cm³/mol. The lowest BCUT2D eigenvalue weighted by Gasteiger charge is -2.28. The molecule has 106 valence electrons. The van der Waals surface area contributed by atoms with E-state index < -0.39 is 0 Å². The van der Waals surface area contributed by atoms with E-state index in [-0.39, 0.29) is 6.04 Å². The average Bonchev–Trinajstić information content (AvgIpc) is 2.93. The molecule has 0 radical (unpaired) electrons. The molecule has 2 N–H and O–H groups in total. The van der Waals surface area contributed by atoms with Crippen molar-refractivity contribution in [2.45, 2.75) is 38.3 Å². The molecule has 0 bridgehead atoms. The van der Waals surface area contributed by atoms with Gasteiger partial charge in [-0.3, -0.25) is 0 Å². The van der Waals surface area contributed by atoms with Crippen LogP contribution in [0.2, 0.25) is 5.02 Å². The first-order chi connectivity index (χ1) is 9.11. The molecule has 19 heavy (non-hydrogen) atoms. The average molecular weight is 283 g/mol. The molecule has 2 rings (SSSR count). The van der Waals surface area contributed by atoms with Crippen LogP contribution < -0.4 is 10.6 Å². The summed E-state index contributed by atoms with van der Waals surface area (Å²) in [6.07, 6.45) is 2.95. The molecule has 2 atom stereocenters. The Morgan fingerprint density at radius 1 is 1.53 bits per heavy atom. The van der Waals surface area contributed by atoms with Crippen LogP contribution in [0.25, 0.3) is 0 Å². The van der Waals surface area contributed by atoms with Crippen molar-refractivity contribution in [3.05, 3.63) is 28.8 Å². The van der Waals surface area contributed by atoms with Gasteiger partial charge < -0.3 is 15.4 Å². The first-order valence-corrected chi connectivity index (χ1v) is 7.34. The van der Waals surface area contributed by atoms with Crippen LogP contribution in [0.5, 0.6) is 0 Å². The number of nitrogens with zero attached hydrogens (tertiary/aromatic N) is 1. The summed E-state index contributed by atoms with van der Waals surface area (Å²) in [5.41, 5.74) is 8.55. The second kappa shape index (κ2) is 6.60. The Labute approximate surface area is 120 Å². The van der Waals surface area contributed by atoms with Gasteiger partial charge in [0.2, 0.25) is 0 Å². The van der Waals surface area contributed by atoms with Gasteiger partial charge in [-0.15, -0.1) is 0 Å². The van der Waals surface area contributed by atoms with E-state index in [1.165, 1.54) is 11.3 Å². The molecule has 1 aromatic rings. The number of nitrogens with two attached hydrogens (primary N) is 1. The zero-order valence-corrected chi connectivity index (χ0v) is 12.5. The molecule has 1 heterocycles. The normalized spacial score (nSPS) is 20.5. The molecule has 3 nitrogen and oxygen atoms in total. The van der Waals surface area contributed by atoms with Gasteiger partial charge in [0.15, 0.2) is 0 Å². The summed E-state index contributed by atoms with van der Waals surface area (Å²) in [7, 11) is 2.12. The molecule has 4 heteroatoms. The lowest BCUT2D eigenvalue weighted by Crippen LogP contribution is -2.33. The number of anilines is 1. The van der Waals surface area contributed by atoms with Crippen LogP contribution in [0.15, 0.2) is 18.2 Å². The summed E-state index contributed by atoms with van der Waals surface area (Å²) in [5.74, 6) is 0. The number of ether oxygens (including phenoxy) is 1. The van der Waals surface area contributed by atoms with Crippen molar-refractivity contribution in [3.8, 4) is 0 Å². The first kappa shape index (κ1) is 14.6. The lowest BCUT2D eigenvalue weighted by molar-refractivity contribution is 0.193. The Hall–Kier alpha value is -0.770. The summed E-state index contributed by atoms with van der Waals surface area (Å²) in [4.78, 5) is 2.29. The van der Waals surface area contributed by atoms with Crippen molar-refractivity contribution in [1.29, 1.82) is 0 Å². The molecular formula is C15H23ClN2O. The highest BCUT2D eigenvalue weighted by Gasteiger charge is 2.22. The van der Waals surface area contributed by atoms with E-state index in [0.717, 1.165) is 37.5 Å². The monoisotopic (exact) mass is 282 g/mol. The van der Waals surface area contributed by atoms with E-state index >= 15 is 0 Å². The number of hydrogen-bond acceptors (Lipinski definition) is 3. The van der Waals surface area contributed by atoms with Crippen LogP contribution in [0.3, 0.4) is 0 Å². The largest absolute Gasteiger partial charge is 0.379 e. The number of halogens is 1. The van der Waals surface area contributed by atoms with Gasteiger partial charge >= 0.3 is 0 Å². The zero-order chi connectivity index (χ0) is 13.8. The van der Waals surface area contributed by atoms with Crippen LogP contribution >= 0.6 is 11.6 Å². The molecule has 0 aliphatic carbocycles. The Balaban J connectivity index is 2.22. The molecule has 2 unspecified atom stereocenters. The summed E-state index contributed by atoms with van der Waals surface area (Å²) >= 11 is 6.15. The van der Waals surface area contributed by atoms with Gasteiger partial charge in [-0.05, 0) is 37.0 Å². The predicted octanol–water partition coefficient (Wildman–Crippen LogP) is 2.84. The third-order valence-electron chi connectivity index (χ3n) is 3.89. The Bertz CT molecular complexity index is 419. The van der Waals surface area contributed by atoms with Crippen molar-refractivity contribution < 1.29 is 4.74 Å². The van der Waals surface area contributed by atoms with Gasteiger partial charge in [0.1, 0.15) is 0 Å². The molecule has 0 saturated carbocycles. The molecule has 1 aliphatic rings. The first-order valence-electron chi connectivity index (χ1n) is 6.96. The minimum Gasteiger partial charge on any atom is -0.379 e. The Morgan fingerprint density at radius 2 is 2.32 bits per heavy atom. The minimum atomic E-state index is 0.202. The van der Waals surface area contributed by atoms with Gasteiger partial charge in [0.05, 0.1) is 12.6 Å². The Morgan fingerprint density at radius 3 is 2.95 bits per heavy atom. The topological polar surface area (TPSA) is 38.5 Å². The van der Waals surface area contributed by atoms with Crippen LogP contribution in [-0.4, -0.2) is 32.3 Å². The number of hydrogen-bond donors (Lipinski definition) is 1. The van der Waals surface area contributed by atoms with Gasteiger partial charge in [-0.1, -0.05) is 24.6 Å². The maximum absolute atomic E-state index is 6.15. The molecule has 1 aliphatic heterocycles. The van der Waals surface area contributed by atoms with Crippen molar-refractivity contribution in [3.63, 3.8) is 0 Å².